The Morgan fingerprint density at radius 1 is 1.22 bits per heavy atom. The Labute approximate surface area is 109 Å². The average Bonchev–Trinajstić information content (AvgIpc) is 2.72. The van der Waals surface area contributed by atoms with Crippen LogP contribution in [0.5, 0.6) is 0 Å². The molecule has 1 rings (SSSR count). The summed E-state index contributed by atoms with van der Waals surface area (Å²) in [5.74, 6) is 1.81. The third kappa shape index (κ3) is 4.78. The molecule has 0 amide bonds. The highest BCUT2D eigenvalue weighted by Crippen LogP contribution is 2.15. The first kappa shape index (κ1) is 15.2. The summed E-state index contributed by atoms with van der Waals surface area (Å²) >= 11 is 0. The summed E-state index contributed by atoms with van der Waals surface area (Å²) in [5.41, 5.74) is 6.72. The lowest BCUT2D eigenvalue weighted by atomic mass is 10.2. The van der Waals surface area contributed by atoms with Gasteiger partial charge < -0.3 is 19.6 Å². The van der Waals surface area contributed by atoms with E-state index in [0.717, 1.165) is 36.7 Å². The Kier molecular flexibility index (Phi) is 6.97. The number of ether oxygens (including phenoxy) is 2. The Bertz CT molecular complexity index is 331. The van der Waals surface area contributed by atoms with Crippen molar-refractivity contribution in [1.82, 2.24) is 4.90 Å². The number of rotatable bonds is 9. The maximum Gasteiger partial charge on any atom is 0.120 e. The van der Waals surface area contributed by atoms with E-state index in [4.69, 9.17) is 19.6 Å². The van der Waals surface area contributed by atoms with Crippen molar-refractivity contribution in [3.63, 3.8) is 0 Å². The van der Waals surface area contributed by atoms with E-state index in [-0.39, 0.29) is 0 Å². The third-order valence-corrected chi connectivity index (χ3v) is 2.86. The highest BCUT2D eigenvalue weighted by molar-refractivity contribution is 5.19. The smallest absolute Gasteiger partial charge is 0.120 e. The third-order valence-electron chi connectivity index (χ3n) is 2.86. The molecule has 0 radical (unpaired) electrons. The molecule has 0 bridgehead atoms. The minimum Gasteiger partial charge on any atom is -0.463 e. The van der Waals surface area contributed by atoms with Gasteiger partial charge in [0.15, 0.2) is 0 Å². The molecule has 1 heterocycles. The van der Waals surface area contributed by atoms with E-state index in [1.807, 2.05) is 6.92 Å². The number of methoxy groups -OCH3 is 2. The van der Waals surface area contributed by atoms with Gasteiger partial charge in [-0.05, 0) is 18.6 Å². The SMILES string of the molecule is COCCN(CCOC)Cc1cc(C)c(CN)o1. The van der Waals surface area contributed by atoms with Gasteiger partial charge in [0.05, 0.1) is 26.3 Å². The summed E-state index contributed by atoms with van der Waals surface area (Å²) in [4.78, 5) is 2.24. The second-order valence-corrected chi connectivity index (χ2v) is 4.28. The molecule has 18 heavy (non-hydrogen) atoms. The largest absolute Gasteiger partial charge is 0.463 e. The number of nitrogens with zero attached hydrogens (tertiary/aromatic N) is 1. The van der Waals surface area contributed by atoms with Crippen LogP contribution in [0.3, 0.4) is 0 Å². The average molecular weight is 256 g/mol. The Morgan fingerprint density at radius 3 is 2.28 bits per heavy atom. The summed E-state index contributed by atoms with van der Waals surface area (Å²) in [7, 11) is 3.41. The van der Waals surface area contributed by atoms with Crippen LogP contribution in [0.4, 0.5) is 0 Å². The zero-order chi connectivity index (χ0) is 13.4. The predicted octanol–water partition coefficient (Wildman–Crippen LogP) is 1.14. The van der Waals surface area contributed by atoms with Gasteiger partial charge in [-0.3, -0.25) is 4.90 Å². The summed E-state index contributed by atoms with van der Waals surface area (Å²) in [6, 6.07) is 2.05. The fourth-order valence-corrected chi connectivity index (χ4v) is 1.80. The van der Waals surface area contributed by atoms with Crippen LogP contribution in [-0.2, 0) is 22.6 Å². The maximum atomic E-state index is 5.71. The van der Waals surface area contributed by atoms with E-state index in [9.17, 15) is 0 Å². The molecule has 104 valence electrons. The monoisotopic (exact) mass is 256 g/mol. The van der Waals surface area contributed by atoms with Crippen molar-refractivity contribution in [2.24, 2.45) is 5.73 Å². The minimum atomic E-state index is 0.446. The Morgan fingerprint density at radius 2 is 1.83 bits per heavy atom. The van der Waals surface area contributed by atoms with Crippen LogP contribution in [0.15, 0.2) is 10.5 Å². The van der Waals surface area contributed by atoms with Crippen LogP contribution in [0, 0.1) is 6.92 Å². The van der Waals surface area contributed by atoms with Gasteiger partial charge in [0.2, 0.25) is 0 Å². The number of nitrogens with two attached hydrogens (primary N) is 1. The van der Waals surface area contributed by atoms with Crippen molar-refractivity contribution in [3.8, 4) is 0 Å². The van der Waals surface area contributed by atoms with Crippen molar-refractivity contribution in [1.29, 1.82) is 0 Å². The summed E-state index contributed by atoms with van der Waals surface area (Å²) in [6.45, 7) is 6.34. The molecule has 0 aliphatic carbocycles. The quantitative estimate of drug-likeness (QED) is 0.718. The molecule has 5 heteroatoms. The van der Waals surface area contributed by atoms with Crippen molar-refractivity contribution >= 4 is 0 Å². The van der Waals surface area contributed by atoms with Crippen molar-refractivity contribution < 1.29 is 13.9 Å². The van der Waals surface area contributed by atoms with Gasteiger partial charge in [0.1, 0.15) is 11.5 Å². The molecule has 2 N–H and O–H groups in total. The predicted molar refractivity (Wildman–Crippen MR) is 70.4 cm³/mol. The molecule has 0 fully saturated rings. The molecular formula is C13H24N2O3. The molecule has 0 spiro atoms. The van der Waals surface area contributed by atoms with Gasteiger partial charge in [0.25, 0.3) is 0 Å². The van der Waals surface area contributed by atoms with Crippen LogP contribution >= 0.6 is 0 Å². The van der Waals surface area contributed by atoms with Crippen LogP contribution in [0.25, 0.3) is 0 Å². The molecule has 0 saturated heterocycles. The lowest BCUT2D eigenvalue weighted by Crippen LogP contribution is -2.30. The van der Waals surface area contributed by atoms with Gasteiger partial charge in [-0.1, -0.05) is 0 Å². The van der Waals surface area contributed by atoms with Gasteiger partial charge in [-0.25, -0.2) is 0 Å². The van der Waals surface area contributed by atoms with Crippen LogP contribution in [0.1, 0.15) is 17.1 Å². The van der Waals surface area contributed by atoms with E-state index < -0.39 is 0 Å². The van der Waals surface area contributed by atoms with Crippen molar-refractivity contribution in [3.05, 3.63) is 23.2 Å². The first-order valence-electron chi connectivity index (χ1n) is 6.19. The van der Waals surface area contributed by atoms with Crippen molar-refractivity contribution in [2.45, 2.75) is 20.0 Å². The first-order chi connectivity index (χ1) is 8.71. The van der Waals surface area contributed by atoms with E-state index in [0.29, 0.717) is 19.8 Å². The van der Waals surface area contributed by atoms with E-state index in [1.54, 1.807) is 14.2 Å². The van der Waals surface area contributed by atoms with Crippen LogP contribution in [-0.4, -0.2) is 45.4 Å². The highest BCUT2D eigenvalue weighted by atomic mass is 16.5. The molecule has 0 aromatic carbocycles. The molecule has 1 aromatic rings. The summed E-state index contributed by atoms with van der Waals surface area (Å²) < 4.78 is 15.9. The molecule has 0 unspecified atom stereocenters. The summed E-state index contributed by atoms with van der Waals surface area (Å²) in [5, 5.41) is 0. The zero-order valence-corrected chi connectivity index (χ0v) is 11.6. The summed E-state index contributed by atoms with van der Waals surface area (Å²) in [6.07, 6.45) is 0. The molecule has 0 atom stereocenters. The van der Waals surface area contributed by atoms with E-state index >= 15 is 0 Å². The number of furan rings is 1. The highest BCUT2D eigenvalue weighted by Gasteiger charge is 2.11. The van der Waals surface area contributed by atoms with Crippen LogP contribution in [0.2, 0.25) is 0 Å². The topological polar surface area (TPSA) is 60.9 Å². The van der Waals surface area contributed by atoms with Gasteiger partial charge in [-0.15, -0.1) is 0 Å². The molecule has 5 nitrogen and oxygen atoms in total. The Balaban J connectivity index is 2.56. The van der Waals surface area contributed by atoms with Crippen LogP contribution < -0.4 is 5.73 Å². The molecular weight excluding hydrogens is 232 g/mol. The number of hydrogen-bond donors (Lipinski definition) is 1. The molecule has 0 aliphatic heterocycles. The van der Waals surface area contributed by atoms with Gasteiger partial charge >= 0.3 is 0 Å². The fourth-order valence-electron chi connectivity index (χ4n) is 1.80. The first-order valence-corrected chi connectivity index (χ1v) is 6.19. The molecule has 1 aromatic heterocycles. The lowest BCUT2D eigenvalue weighted by molar-refractivity contribution is 0.106. The minimum absolute atomic E-state index is 0.446. The van der Waals surface area contributed by atoms with E-state index in [2.05, 4.69) is 11.0 Å². The van der Waals surface area contributed by atoms with Gasteiger partial charge in [0, 0.05) is 27.3 Å². The standard InChI is InChI=1S/C13H24N2O3/c1-11-8-12(18-13(11)9-14)10-15(4-6-16-2)5-7-17-3/h8H,4-7,9-10,14H2,1-3H3. The number of aryl methyl sites for hydroxylation is 1. The molecule has 0 aliphatic rings. The van der Waals surface area contributed by atoms with Crippen molar-refractivity contribution in [2.75, 3.05) is 40.5 Å². The number of hydrogen-bond acceptors (Lipinski definition) is 5. The second-order valence-electron chi connectivity index (χ2n) is 4.28. The Hall–Kier alpha value is -0.880. The lowest BCUT2D eigenvalue weighted by Gasteiger charge is -2.20. The fraction of sp³-hybridized carbons (Fsp3) is 0.692. The second kappa shape index (κ2) is 8.26. The van der Waals surface area contributed by atoms with E-state index in [1.165, 1.54) is 0 Å². The normalized spacial score (nSPS) is 11.4. The maximum absolute atomic E-state index is 5.71. The molecule has 0 saturated carbocycles. The zero-order valence-electron chi connectivity index (χ0n) is 11.6. The van der Waals surface area contributed by atoms with Gasteiger partial charge in [-0.2, -0.15) is 0 Å².